The summed E-state index contributed by atoms with van der Waals surface area (Å²) in [6.45, 7) is 2.05. The van der Waals surface area contributed by atoms with Crippen LogP contribution in [0.25, 0.3) is 22.2 Å². The quantitative estimate of drug-likeness (QED) is 0.753. The third-order valence-electron chi connectivity index (χ3n) is 3.71. The van der Waals surface area contributed by atoms with Crippen molar-refractivity contribution < 1.29 is 9.90 Å². The van der Waals surface area contributed by atoms with Crippen LogP contribution in [-0.2, 0) is 11.2 Å². The van der Waals surface area contributed by atoms with Gasteiger partial charge in [-0.15, -0.1) is 0 Å². The Kier molecular flexibility index (Phi) is 3.48. The monoisotopic (exact) mass is 279 g/mol. The molecule has 2 aromatic carbocycles. The average molecular weight is 279 g/mol. The largest absolute Gasteiger partial charge is 0.481 e. The number of aromatic amines is 1. The first-order valence-corrected chi connectivity index (χ1v) is 7.03. The molecular weight excluding hydrogens is 262 g/mol. The first kappa shape index (κ1) is 13.4. The van der Waals surface area contributed by atoms with Crippen molar-refractivity contribution >= 4 is 16.9 Å². The molecule has 0 aliphatic rings. The average Bonchev–Trinajstić information content (AvgIpc) is 2.84. The summed E-state index contributed by atoms with van der Waals surface area (Å²) >= 11 is 0. The molecule has 3 aromatic rings. The SMILES string of the molecule is Cc1ccc2[nH]c(-c3ccccc3)c(CCC(=O)O)c2c1. The number of hydrogen-bond acceptors (Lipinski definition) is 1. The van der Waals surface area contributed by atoms with Crippen LogP contribution in [0.2, 0.25) is 0 Å². The lowest BCUT2D eigenvalue weighted by atomic mass is 10.0. The Bertz CT molecular complexity index is 788. The molecule has 0 aliphatic carbocycles. The highest BCUT2D eigenvalue weighted by molar-refractivity contribution is 5.91. The smallest absolute Gasteiger partial charge is 0.303 e. The summed E-state index contributed by atoms with van der Waals surface area (Å²) in [5.41, 5.74) is 5.43. The van der Waals surface area contributed by atoms with Crippen molar-refractivity contribution in [1.29, 1.82) is 0 Å². The van der Waals surface area contributed by atoms with Gasteiger partial charge in [-0.3, -0.25) is 4.79 Å². The van der Waals surface area contributed by atoms with Gasteiger partial charge in [-0.05, 0) is 36.6 Å². The molecule has 1 aromatic heterocycles. The molecular formula is C18H17NO2. The van der Waals surface area contributed by atoms with E-state index in [-0.39, 0.29) is 6.42 Å². The number of rotatable bonds is 4. The van der Waals surface area contributed by atoms with Crippen LogP contribution in [0.3, 0.4) is 0 Å². The lowest BCUT2D eigenvalue weighted by Gasteiger charge is -2.04. The van der Waals surface area contributed by atoms with Crippen LogP contribution in [0, 0.1) is 6.92 Å². The fraction of sp³-hybridized carbons (Fsp3) is 0.167. The molecule has 0 spiro atoms. The van der Waals surface area contributed by atoms with Gasteiger partial charge in [-0.25, -0.2) is 0 Å². The van der Waals surface area contributed by atoms with E-state index in [4.69, 9.17) is 5.11 Å². The maximum absolute atomic E-state index is 10.9. The number of fused-ring (bicyclic) bond motifs is 1. The predicted molar refractivity (Wildman–Crippen MR) is 84.4 cm³/mol. The highest BCUT2D eigenvalue weighted by atomic mass is 16.4. The molecule has 0 atom stereocenters. The van der Waals surface area contributed by atoms with Crippen LogP contribution < -0.4 is 0 Å². The number of aryl methyl sites for hydroxylation is 2. The Labute approximate surface area is 123 Å². The number of aromatic nitrogens is 1. The van der Waals surface area contributed by atoms with Crippen molar-refractivity contribution in [3.8, 4) is 11.3 Å². The Hall–Kier alpha value is -2.55. The minimum atomic E-state index is -0.768. The lowest BCUT2D eigenvalue weighted by Crippen LogP contribution is -1.98. The lowest BCUT2D eigenvalue weighted by molar-refractivity contribution is -0.136. The van der Waals surface area contributed by atoms with Gasteiger partial charge in [0.05, 0.1) is 0 Å². The number of nitrogens with one attached hydrogen (secondary N) is 1. The number of carboxylic acid groups (broad SMARTS) is 1. The summed E-state index contributed by atoms with van der Waals surface area (Å²) in [6.07, 6.45) is 0.670. The summed E-state index contributed by atoms with van der Waals surface area (Å²) in [5, 5.41) is 10.1. The maximum Gasteiger partial charge on any atom is 0.303 e. The zero-order chi connectivity index (χ0) is 14.8. The highest BCUT2D eigenvalue weighted by Gasteiger charge is 2.14. The second-order valence-electron chi connectivity index (χ2n) is 5.29. The van der Waals surface area contributed by atoms with Gasteiger partial charge in [-0.1, -0.05) is 42.0 Å². The van der Waals surface area contributed by atoms with Crippen LogP contribution >= 0.6 is 0 Å². The fourth-order valence-corrected chi connectivity index (χ4v) is 2.70. The number of hydrogen-bond donors (Lipinski definition) is 2. The van der Waals surface area contributed by atoms with E-state index in [1.54, 1.807) is 0 Å². The standard InChI is InChI=1S/C18H17NO2/c1-12-7-9-16-15(11-12)14(8-10-17(20)21)18(19-16)13-5-3-2-4-6-13/h2-7,9,11,19H,8,10H2,1H3,(H,20,21). The van der Waals surface area contributed by atoms with Gasteiger partial charge < -0.3 is 10.1 Å². The summed E-state index contributed by atoms with van der Waals surface area (Å²) in [7, 11) is 0. The Morgan fingerprint density at radius 1 is 1.14 bits per heavy atom. The van der Waals surface area contributed by atoms with E-state index in [0.29, 0.717) is 6.42 Å². The van der Waals surface area contributed by atoms with E-state index < -0.39 is 5.97 Å². The number of aliphatic carboxylic acids is 1. The minimum absolute atomic E-state index is 0.140. The van der Waals surface area contributed by atoms with Crippen LogP contribution in [-0.4, -0.2) is 16.1 Å². The second-order valence-corrected chi connectivity index (χ2v) is 5.29. The zero-order valence-electron chi connectivity index (χ0n) is 11.9. The Balaban J connectivity index is 2.18. The van der Waals surface area contributed by atoms with Crippen molar-refractivity contribution in [1.82, 2.24) is 4.98 Å². The number of carboxylic acids is 1. The van der Waals surface area contributed by atoms with Crippen LogP contribution in [0.4, 0.5) is 0 Å². The van der Waals surface area contributed by atoms with Gasteiger partial charge >= 0.3 is 5.97 Å². The van der Waals surface area contributed by atoms with E-state index in [1.807, 2.05) is 30.3 Å². The number of carbonyl (C=O) groups is 1. The normalized spacial score (nSPS) is 10.9. The first-order chi connectivity index (χ1) is 10.1. The molecule has 21 heavy (non-hydrogen) atoms. The third-order valence-corrected chi connectivity index (χ3v) is 3.71. The van der Waals surface area contributed by atoms with Gasteiger partial charge in [0.1, 0.15) is 0 Å². The number of H-pyrrole nitrogens is 1. The molecule has 3 nitrogen and oxygen atoms in total. The molecule has 0 unspecified atom stereocenters. The van der Waals surface area contributed by atoms with Crippen molar-refractivity contribution in [3.05, 3.63) is 59.7 Å². The van der Waals surface area contributed by atoms with Crippen molar-refractivity contribution in [3.63, 3.8) is 0 Å². The van der Waals surface area contributed by atoms with Gasteiger partial charge in [0.25, 0.3) is 0 Å². The summed E-state index contributed by atoms with van der Waals surface area (Å²) in [5.74, 6) is -0.768. The molecule has 0 aliphatic heterocycles. The van der Waals surface area contributed by atoms with E-state index >= 15 is 0 Å². The minimum Gasteiger partial charge on any atom is -0.481 e. The van der Waals surface area contributed by atoms with Crippen molar-refractivity contribution in [2.75, 3.05) is 0 Å². The molecule has 106 valence electrons. The Morgan fingerprint density at radius 2 is 1.90 bits per heavy atom. The molecule has 2 N–H and O–H groups in total. The maximum atomic E-state index is 10.9. The third kappa shape index (κ3) is 2.68. The van der Waals surface area contributed by atoms with Gasteiger partial charge in [0.2, 0.25) is 0 Å². The van der Waals surface area contributed by atoms with Crippen LogP contribution in [0.15, 0.2) is 48.5 Å². The van der Waals surface area contributed by atoms with Crippen molar-refractivity contribution in [2.24, 2.45) is 0 Å². The van der Waals surface area contributed by atoms with Crippen LogP contribution in [0.1, 0.15) is 17.5 Å². The summed E-state index contributed by atoms with van der Waals surface area (Å²) in [6, 6.07) is 16.3. The molecule has 3 heteroatoms. The molecule has 0 bridgehead atoms. The Morgan fingerprint density at radius 3 is 2.62 bits per heavy atom. The predicted octanol–water partition coefficient (Wildman–Crippen LogP) is 4.16. The van der Waals surface area contributed by atoms with E-state index in [2.05, 4.69) is 30.1 Å². The van der Waals surface area contributed by atoms with Gasteiger partial charge in [0.15, 0.2) is 0 Å². The molecule has 0 fully saturated rings. The summed E-state index contributed by atoms with van der Waals surface area (Å²) in [4.78, 5) is 14.4. The van der Waals surface area contributed by atoms with Crippen molar-refractivity contribution in [2.45, 2.75) is 19.8 Å². The second kappa shape index (κ2) is 5.44. The molecule has 1 heterocycles. The topological polar surface area (TPSA) is 53.1 Å². The molecule has 3 rings (SSSR count). The molecule has 0 amide bonds. The first-order valence-electron chi connectivity index (χ1n) is 7.03. The molecule has 0 saturated carbocycles. The van der Waals surface area contributed by atoms with E-state index in [0.717, 1.165) is 27.7 Å². The highest BCUT2D eigenvalue weighted by Crippen LogP contribution is 2.31. The van der Waals surface area contributed by atoms with E-state index in [9.17, 15) is 4.79 Å². The van der Waals surface area contributed by atoms with E-state index in [1.165, 1.54) is 5.56 Å². The summed E-state index contributed by atoms with van der Waals surface area (Å²) < 4.78 is 0. The van der Waals surface area contributed by atoms with Gasteiger partial charge in [0, 0.05) is 23.0 Å². The molecule has 0 saturated heterocycles. The number of benzene rings is 2. The molecule has 0 radical (unpaired) electrons. The fourth-order valence-electron chi connectivity index (χ4n) is 2.70. The zero-order valence-corrected chi connectivity index (χ0v) is 11.9. The van der Waals surface area contributed by atoms with Gasteiger partial charge in [-0.2, -0.15) is 0 Å². The van der Waals surface area contributed by atoms with Crippen LogP contribution in [0.5, 0.6) is 0 Å².